The monoisotopic (exact) mass is 537 g/mol. The highest BCUT2D eigenvalue weighted by atomic mass is 32.1. The molecule has 37 heavy (non-hydrogen) atoms. The van der Waals surface area contributed by atoms with Crippen LogP contribution in [0.2, 0.25) is 0 Å². The molecule has 198 valence electrons. The van der Waals surface area contributed by atoms with Crippen LogP contribution in [0, 0.1) is 6.92 Å². The molecule has 0 aliphatic carbocycles. The molecule has 1 N–H and O–H groups in total. The second kappa shape index (κ2) is 10.7. The molecular weight excluding hydrogens is 510 g/mol. The summed E-state index contributed by atoms with van der Waals surface area (Å²) in [5.41, 5.74) is -0.306. The molecule has 4 rings (SSSR count). The second-order valence-electron chi connectivity index (χ2n) is 9.34. The van der Waals surface area contributed by atoms with Gasteiger partial charge in [-0.2, -0.15) is 13.2 Å². The number of likely N-dealkylation sites (tertiary alicyclic amines) is 1. The van der Waals surface area contributed by atoms with Crippen LogP contribution in [-0.4, -0.2) is 58.2 Å². The van der Waals surface area contributed by atoms with E-state index < -0.39 is 29.6 Å². The maximum absolute atomic E-state index is 15.3. The van der Waals surface area contributed by atoms with E-state index in [2.05, 4.69) is 20.3 Å². The van der Waals surface area contributed by atoms with E-state index in [0.29, 0.717) is 28.3 Å². The molecule has 1 saturated heterocycles. The van der Waals surface area contributed by atoms with Gasteiger partial charge in [0, 0.05) is 46.7 Å². The Balaban J connectivity index is 1.54. The molecule has 2 aromatic heterocycles. The number of halogens is 4. The first kappa shape index (κ1) is 26.9. The normalized spacial score (nSPS) is 19.4. The smallest absolute Gasteiger partial charge is 0.451 e. The molecule has 3 heterocycles. The molecule has 1 amide bonds. The molecule has 1 fully saturated rings. The molecule has 12 heteroatoms. The van der Waals surface area contributed by atoms with Gasteiger partial charge in [-0.25, -0.2) is 19.3 Å². The van der Waals surface area contributed by atoms with Gasteiger partial charge >= 0.3 is 6.18 Å². The van der Waals surface area contributed by atoms with E-state index in [4.69, 9.17) is 4.74 Å². The Labute approximate surface area is 215 Å². The maximum atomic E-state index is 15.3. The number of carbonyl (C=O) groups is 1. The van der Waals surface area contributed by atoms with Crippen LogP contribution in [0.3, 0.4) is 0 Å². The van der Waals surface area contributed by atoms with Gasteiger partial charge in [-0.15, -0.1) is 11.3 Å². The quantitative estimate of drug-likeness (QED) is 0.416. The van der Waals surface area contributed by atoms with Crippen LogP contribution >= 0.6 is 11.3 Å². The van der Waals surface area contributed by atoms with Crippen molar-refractivity contribution in [2.45, 2.75) is 44.6 Å². The number of ether oxygens (including phenoxy) is 1. The number of nitrogens with one attached hydrogen (secondary N) is 1. The summed E-state index contributed by atoms with van der Waals surface area (Å²) in [6, 6.07) is 4.22. The number of carbonyl (C=O) groups excluding carboxylic acids is 1. The lowest BCUT2D eigenvalue weighted by Crippen LogP contribution is -2.47. The van der Waals surface area contributed by atoms with E-state index in [9.17, 15) is 18.0 Å². The van der Waals surface area contributed by atoms with Crippen molar-refractivity contribution in [3.05, 3.63) is 58.6 Å². The van der Waals surface area contributed by atoms with Crippen LogP contribution in [0.5, 0.6) is 5.75 Å². The first-order valence-corrected chi connectivity index (χ1v) is 12.5. The van der Waals surface area contributed by atoms with Crippen molar-refractivity contribution in [2.24, 2.45) is 0 Å². The number of rotatable bonds is 7. The molecule has 3 aromatic rings. The van der Waals surface area contributed by atoms with Gasteiger partial charge in [0.2, 0.25) is 5.82 Å². The molecular formula is C25H27F4N5O2S. The van der Waals surface area contributed by atoms with Gasteiger partial charge in [-0.1, -0.05) is 0 Å². The zero-order chi connectivity index (χ0) is 26.8. The average Bonchev–Trinajstić information content (AvgIpc) is 3.28. The number of nitrogens with zero attached hydrogens (tertiary/aromatic N) is 4. The fraction of sp³-hybridized carbons (Fsp3) is 0.440. The molecule has 0 saturated carbocycles. The van der Waals surface area contributed by atoms with E-state index in [0.717, 1.165) is 30.2 Å². The lowest BCUT2D eigenvalue weighted by molar-refractivity contribution is -0.145. The molecule has 1 aromatic carbocycles. The van der Waals surface area contributed by atoms with Crippen molar-refractivity contribution in [3.8, 4) is 16.3 Å². The highest BCUT2D eigenvalue weighted by Crippen LogP contribution is 2.32. The number of hydrogen-bond acceptors (Lipinski definition) is 7. The van der Waals surface area contributed by atoms with Crippen LogP contribution in [0.15, 0.2) is 36.8 Å². The summed E-state index contributed by atoms with van der Waals surface area (Å²) in [6.07, 6.45) is 0.254. The van der Waals surface area contributed by atoms with Crippen LogP contribution < -0.4 is 10.1 Å². The summed E-state index contributed by atoms with van der Waals surface area (Å²) in [5, 5.41) is 3.42. The summed E-state index contributed by atoms with van der Waals surface area (Å²) in [6.45, 7) is 4.46. The average molecular weight is 538 g/mol. The summed E-state index contributed by atoms with van der Waals surface area (Å²) >= 11 is 1.44. The molecule has 2 atom stereocenters. The standard InChI is InChI=1S/C25H27F4N5O2S/c1-15-10-30-22(37-15)18-7-17(8-20(9-18)36-14-24(26)5-4-6-34(3)13-24)21(35)33-16(2)19-11-31-23(32-12-19)25(27,28)29/h7-12,16H,4-6,13-14H2,1-3H3,(H,33,35)/t16-,24?/m1/s1. The first-order chi connectivity index (χ1) is 17.4. The van der Waals surface area contributed by atoms with E-state index in [1.807, 2.05) is 18.9 Å². The number of aryl methyl sites for hydroxylation is 1. The third kappa shape index (κ3) is 6.80. The van der Waals surface area contributed by atoms with E-state index in [1.54, 1.807) is 25.3 Å². The van der Waals surface area contributed by atoms with Gasteiger partial charge in [-0.05, 0) is 58.5 Å². The number of alkyl halides is 4. The molecule has 1 aliphatic heterocycles. The highest BCUT2D eigenvalue weighted by Gasteiger charge is 2.36. The van der Waals surface area contributed by atoms with Crippen molar-refractivity contribution in [3.63, 3.8) is 0 Å². The summed E-state index contributed by atoms with van der Waals surface area (Å²) in [7, 11) is 1.87. The Hall–Kier alpha value is -3.12. The third-order valence-corrected chi connectivity index (χ3v) is 6.99. The molecule has 7 nitrogen and oxygen atoms in total. The molecule has 1 unspecified atom stereocenters. The highest BCUT2D eigenvalue weighted by molar-refractivity contribution is 7.14. The van der Waals surface area contributed by atoms with Crippen LogP contribution in [0.25, 0.3) is 10.6 Å². The maximum Gasteiger partial charge on any atom is 0.451 e. The van der Waals surface area contributed by atoms with Gasteiger partial charge < -0.3 is 15.0 Å². The zero-order valence-electron chi connectivity index (χ0n) is 20.6. The predicted octanol–water partition coefficient (Wildman–Crippen LogP) is 5.23. The van der Waals surface area contributed by atoms with Crippen LogP contribution in [-0.2, 0) is 6.18 Å². The molecule has 1 aliphatic rings. The van der Waals surface area contributed by atoms with Gasteiger partial charge in [-0.3, -0.25) is 4.79 Å². The molecule has 0 bridgehead atoms. The molecule has 0 spiro atoms. The van der Waals surface area contributed by atoms with Crippen LogP contribution in [0.4, 0.5) is 17.6 Å². The topological polar surface area (TPSA) is 80.2 Å². The lowest BCUT2D eigenvalue weighted by atomic mass is 9.96. The summed E-state index contributed by atoms with van der Waals surface area (Å²) in [5.74, 6) is -1.41. The fourth-order valence-corrected chi connectivity index (χ4v) is 4.89. The van der Waals surface area contributed by atoms with Crippen molar-refractivity contribution in [1.29, 1.82) is 0 Å². The van der Waals surface area contributed by atoms with Gasteiger partial charge in [0.15, 0.2) is 5.67 Å². The number of piperidine rings is 1. The fourth-order valence-electron chi connectivity index (χ4n) is 4.13. The van der Waals surface area contributed by atoms with Crippen molar-refractivity contribution >= 4 is 17.2 Å². The van der Waals surface area contributed by atoms with E-state index in [-0.39, 0.29) is 18.7 Å². The Morgan fingerprint density at radius 2 is 1.95 bits per heavy atom. The summed E-state index contributed by atoms with van der Waals surface area (Å²) < 4.78 is 59.4. The number of aromatic nitrogens is 3. The van der Waals surface area contributed by atoms with Gasteiger partial charge in [0.05, 0.1) is 6.04 Å². The Bertz CT molecular complexity index is 1250. The Kier molecular flexibility index (Phi) is 7.79. The number of thiazole rings is 1. The van der Waals surface area contributed by atoms with E-state index in [1.165, 1.54) is 17.4 Å². The van der Waals surface area contributed by atoms with Gasteiger partial charge in [0.1, 0.15) is 17.4 Å². The number of hydrogen-bond donors (Lipinski definition) is 1. The minimum atomic E-state index is -4.65. The minimum Gasteiger partial charge on any atom is -0.490 e. The third-order valence-electron chi connectivity index (χ3n) is 6.03. The molecule has 0 radical (unpaired) electrons. The number of amides is 1. The second-order valence-corrected chi connectivity index (χ2v) is 10.6. The van der Waals surface area contributed by atoms with Crippen molar-refractivity contribution in [2.75, 3.05) is 26.7 Å². The largest absolute Gasteiger partial charge is 0.490 e. The van der Waals surface area contributed by atoms with Crippen LogP contribution in [0.1, 0.15) is 52.4 Å². The Morgan fingerprint density at radius 3 is 2.57 bits per heavy atom. The van der Waals surface area contributed by atoms with Crippen molar-refractivity contribution < 1.29 is 27.1 Å². The Morgan fingerprint density at radius 1 is 1.22 bits per heavy atom. The predicted molar refractivity (Wildman–Crippen MR) is 131 cm³/mol. The SMILES string of the molecule is Cc1cnc(-c2cc(OCC3(F)CCCN(C)C3)cc(C(=O)N[C@H](C)c3cnc(C(F)(F)F)nc3)c2)s1. The zero-order valence-corrected chi connectivity index (χ0v) is 21.4. The summed E-state index contributed by atoms with van der Waals surface area (Å²) in [4.78, 5) is 27.1. The lowest BCUT2D eigenvalue weighted by Gasteiger charge is -2.35. The minimum absolute atomic E-state index is 0.155. The van der Waals surface area contributed by atoms with Crippen molar-refractivity contribution in [1.82, 2.24) is 25.2 Å². The first-order valence-electron chi connectivity index (χ1n) is 11.7. The van der Waals surface area contributed by atoms with E-state index >= 15 is 4.39 Å². The number of benzene rings is 1. The van der Waals surface area contributed by atoms with Gasteiger partial charge in [0.25, 0.3) is 5.91 Å².